The fraction of sp³-hybridized carbons (Fsp3) is 0.438. The molecule has 0 saturated carbocycles. The minimum absolute atomic E-state index is 0.149. The van der Waals surface area contributed by atoms with Gasteiger partial charge in [0.2, 0.25) is 0 Å². The molecule has 0 spiro atoms. The lowest BCUT2D eigenvalue weighted by atomic mass is 10.00. The van der Waals surface area contributed by atoms with E-state index in [2.05, 4.69) is 43.1 Å². The molecule has 0 unspecified atom stereocenters. The molecule has 3 N–H and O–H groups in total. The van der Waals surface area contributed by atoms with Gasteiger partial charge in [-0.25, -0.2) is 4.98 Å². The zero-order valence-corrected chi connectivity index (χ0v) is 12.2. The van der Waals surface area contributed by atoms with E-state index in [1.54, 1.807) is 0 Å². The molecule has 0 saturated heterocycles. The molecule has 0 atom stereocenters. The quantitative estimate of drug-likeness (QED) is 0.882. The molecule has 0 bridgehead atoms. The normalized spacial score (nSPS) is 11.8. The predicted octanol–water partition coefficient (Wildman–Crippen LogP) is 3.36. The number of aromatic nitrogens is 2. The third-order valence-corrected chi connectivity index (χ3v) is 3.34. The van der Waals surface area contributed by atoms with E-state index < -0.39 is 0 Å². The number of aromatic amines is 1. The summed E-state index contributed by atoms with van der Waals surface area (Å²) in [4.78, 5) is 8.11. The first kappa shape index (κ1) is 13.8. The van der Waals surface area contributed by atoms with Crippen LogP contribution in [0.5, 0.6) is 0 Å². The Bertz CT molecular complexity index is 562. The summed E-state index contributed by atoms with van der Waals surface area (Å²) in [6, 6.07) is 8.35. The highest BCUT2D eigenvalue weighted by atomic mass is 14.9. The molecule has 102 valence electrons. The Hall–Kier alpha value is -1.61. The first-order chi connectivity index (χ1) is 8.87. The lowest BCUT2D eigenvalue weighted by molar-refractivity contribution is 0.472. The maximum absolute atomic E-state index is 6.02. The molecule has 3 heteroatoms. The van der Waals surface area contributed by atoms with Gasteiger partial charge in [-0.1, -0.05) is 24.3 Å². The van der Waals surface area contributed by atoms with Crippen LogP contribution in [0.1, 0.15) is 37.4 Å². The predicted molar refractivity (Wildman–Crippen MR) is 80.1 cm³/mol. The molecular formula is C16H23N3. The number of imidazole rings is 1. The topological polar surface area (TPSA) is 54.7 Å². The second-order valence-corrected chi connectivity index (χ2v) is 5.96. The Balaban J connectivity index is 2.25. The molecule has 2 aromatic rings. The average molecular weight is 257 g/mol. The van der Waals surface area contributed by atoms with Crippen molar-refractivity contribution in [2.24, 2.45) is 5.73 Å². The van der Waals surface area contributed by atoms with E-state index in [0.29, 0.717) is 0 Å². The van der Waals surface area contributed by atoms with Crippen LogP contribution >= 0.6 is 0 Å². The fourth-order valence-corrected chi connectivity index (χ4v) is 2.18. The monoisotopic (exact) mass is 257 g/mol. The van der Waals surface area contributed by atoms with Crippen LogP contribution in [0.2, 0.25) is 0 Å². The largest absolute Gasteiger partial charge is 0.346 e. The van der Waals surface area contributed by atoms with E-state index >= 15 is 0 Å². The summed E-state index contributed by atoms with van der Waals surface area (Å²) in [7, 11) is 0. The number of nitrogens with one attached hydrogen (secondary N) is 1. The first-order valence-corrected chi connectivity index (χ1v) is 6.77. The average Bonchev–Trinajstić information content (AvgIpc) is 2.68. The molecule has 0 aliphatic rings. The molecule has 0 aliphatic heterocycles. The van der Waals surface area contributed by atoms with E-state index in [1.165, 1.54) is 11.1 Å². The van der Waals surface area contributed by atoms with E-state index in [9.17, 15) is 0 Å². The number of hydrogen-bond donors (Lipinski definition) is 2. The van der Waals surface area contributed by atoms with E-state index in [1.807, 2.05) is 13.8 Å². The lowest BCUT2D eigenvalue weighted by Gasteiger charge is -2.16. The Morgan fingerprint density at radius 1 is 1.21 bits per heavy atom. The summed E-state index contributed by atoms with van der Waals surface area (Å²) >= 11 is 0. The Morgan fingerprint density at radius 3 is 2.53 bits per heavy atom. The number of H-pyrrole nitrogens is 1. The highest BCUT2D eigenvalue weighted by molar-refractivity contribution is 5.65. The summed E-state index contributed by atoms with van der Waals surface area (Å²) in [5.74, 6) is 1.02. The van der Waals surface area contributed by atoms with Gasteiger partial charge in [-0.05, 0) is 39.7 Å². The smallest absolute Gasteiger partial charge is 0.107 e. The van der Waals surface area contributed by atoms with Crippen LogP contribution in [-0.4, -0.2) is 15.5 Å². The van der Waals surface area contributed by atoms with Crippen LogP contribution in [0.4, 0.5) is 0 Å². The summed E-state index contributed by atoms with van der Waals surface area (Å²) < 4.78 is 0. The SMILES string of the molecule is Cc1ccccc1-c1nc(CCC(C)(C)N)[nH]c1C. The van der Waals surface area contributed by atoms with Crippen LogP contribution < -0.4 is 5.73 Å². The number of benzene rings is 1. The van der Waals surface area contributed by atoms with Crippen LogP contribution in [0.25, 0.3) is 11.3 Å². The van der Waals surface area contributed by atoms with Crippen molar-refractivity contribution in [2.75, 3.05) is 0 Å². The first-order valence-electron chi connectivity index (χ1n) is 6.77. The van der Waals surface area contributed by atoms with Crippen LogP contribution in [0, 0.1) is 13.8 Å². The zero-order valence-electron chi connectivity index (χ0n) is 12.2. The van der Waals surface area contributed by atoms with Crippen molar-refractivity contribution >= 4 is 0 Å². The van der Waals surface area contributed by atoms with Gasteiger partial charge in [0.05, 0.1) is 5.69 Å². The Labute approximate surface area is 115 Å². The van der Waals surface area contributed by atoms with Crippen LogP contribution in [-0.2, 0) is 6.42 Å². The summed E-state index contributed by atoms with van der Waals surface area (Å²) in [5, 5.41) is 0. The minimum Gasteiger partial charge on any atom is -0.346 e. The molecule has 0 aliphatic carbocycles. The molecule has 1 aromatic heterocycles. The van der Waals surface area contributed by atoms with Gasteiger partial charge in [0.1, 0.15) is 5.82 Å². The van der Waals surface area contributed by atoms with Gasteiger partial charge in [0.15, 0.2) is 0 Å². The lowest BCUT2D eigenvalue weighted by Crippen LogP contribution is -2.32. The highest BCUT2D eigenvalue weighted by Crippen LogP contribution is 2.25. The highest BCUT2D eigenvalue weighted by Gasteiger charge is 2.14. The number of aryl methyl sites for hydroxylation is 3. The van der Waals surface area contributed by atoms with Crippen molar-refractivity contribution in [3.63, 3.8) is 0 Å². The number of nitrogens with zero attached hydrogens (tertiary/aromatic N) is 1. The van der Waals surface area contributed by atoms with E-state index in [4.69, 9.17) is 10.7 Å². The van der Waals surface area contributed by atoms with Crippen molar-refractivity contribution in [3.05, 3.63) is 41.3 Å². The molecule has 1 aromatic carbocycles. The van der Waals surface area contributed by atoms with Gasteiger partial charge in [-0.15, -0.1) is 0 Å². The molecule has 0 radical (unpaired) electrons. The number of hydrogen-bond acceptors (Lipinski definition) is 2. The van der Waals surface area contributed by atoms with Crippen LogP contribution in [0.15, 0.2) is 24.3 Å². The van der Waals surface area contributed by atoms with Crippen molar-refractivity contribution < 1.29 is 0 Å². The third-order valence-electron chi connectivity index (χ3n) is 3.34. The van der Waals surface area contributed by atoms with Crippen molar-refractivity contribution in [1.29, 1.82) is 0 Å². The molecule has 0 amide bonds. The summed E-state index contributed by atoms with van der Waals surface area (Å²) in [6.07, 6.45) is 1.81. The zero-order chi connectivity index (χ0) is 14.0. The molecule has 1 heterocycles. The molecule has 3 nitrogen and oxygen atoms in total. The maximum Gasteiger partial charge on any atom is 0.107 e. The van der Waals surface area contributed by atoms with E-state index in [-0.39, 0.29) is 5.54 Å². The molecule has 19 heavy (non-hydrogen) atoms. The van der Waals surface area contributed by atoms with Gasteiger partial charge in [0, 0.05) is 23.2 Å². The van der Waals surface area contributed by atoms with Gasteiger partial charge >= 0.3 is 0 Å². The van der Waals surface area contributed by atoms with Gasteiger partial charge in [0.25, 0.3) is 0 Å². The van der Waals surface area contributed by atoms with Crippen LogP contribution in [0.3, 0.4) is 0 Å². The Kier molecular flexibility index (Phi) is 3.76. The van der Waals surface area contributed by atoms with Gasteiger partial charge in [-0.3, -0.25) is 0 Å². The summed E-state index contributed by atoms with van der Waals surface area (Å²) in [5.41, 5.74) is 10.5. The molecule has 0 fully saturated rings. The second kappa shape index (κ2) is 5.17. The maximum atomic E-state index is 6.02. The third kappa shape index (κ3) is 3.44. The number of nitrogens with two attached hydrogens (primary N) is 1. The minimum atomic E-state index is -0.149. The van der Waals surface area contributed by atoms with Crippen molar-refractivity contribution in [3.8, 4) is 11.3 Å². The molecular weight excluding hydrogens is 234 g/mol. The van der Waals surface area contributed by atoms with Gasteiger partial charge in [-0.2, -0.15) is 0 Å². The van der Waals surface area contributed by atoms with Crippen molar-refractivity contribution in [2.45, 2.75) is 46.1 Å². The number of rotatable bonds is 4. The summed E-state index contributed by atoms with van der Waals surface area (Å²) in [6.45, 7) is 8.29. The van der Waals surface area contributed by atoms with Gasteiger partial charge < -0.3 is 10.7 Å². The van der Waals surface area contributed by atoms with E-state index in [0.717, 1.165) is 30.1 Å². The molecule has 2 rings (SSSR count). The standard InChI is InChI=1S/C16H23N3/c1-11-7-5-6-8-13(11)15-12(2)18-14(19-15)9-10-16(3,4)17/h5-8H,9-10,17H2,1-4H3,(H,18,19). The Morgan fingerprint density at radius 2 is 1.89 bits per heavy atom. The second-order valence-electron chi connectivity index (χ2n) is 5.96. The van der Waals surface area contributed by atoms with Crippen molar-refractivity contribution in [1.82, 2.24) is 9.97 Å². The fourth-order valence-electron chi connectivity index (χ4n) is 2.18.